The van der Waals surface area contributed by atoms with E-state index in [0.29, 0.717) is 16.0 Å². The Bertz CT molecular complexity index is 1070. The highest BCUT2D eigenvalue weighted by Crippen LogP contribution is 2.25. The Morgan fingerprint density at radius 3 is 2.64 bits per heavy atom. The summed E-state index contributed by atoms with van der Waals surface area (Å²) in [6.07, 6.45) is 0.470. The molecule has 0 aliphatic carbocycles. The van der Waals surface area contributed by atoms with Crippen LogP contribution in [0.1, 0.15) is 28.2 Å². The molecule has 0 aliphatic heterocycles. The SMILES string of the molecule is Cc1sc2nc(CCC(=O)N[C@H](Cc3ccccc3)C(=O)O)[nH]c(=O)c2c1C. The molecule has 2 heterocycles. The van der Waals surface area contributed by atoms with Crippen molar-refractivity contribution in [3.8, 4) is 0 Å². The number of aromatic amines is 1. The van der Waals surface area contributed by atoms with E-state index in [1.807, 2.05) is 44.2 Å². The van der Waals surface area contributed by atoms with E-state index >= 15 is 0 Å². The Morgan fingerprint density at radius 2 is 1.96 bits per heavy atom. The third-order valence-corrected chi connectivity index (χ3v) is 5.69. The number of rotatable bonds is 7. The van der Waals surface area contributed by atoms with E-state index in [2.05, 4.69) is 15.3 Å². The first-order valence-corrected chi connectivity index (χ1v) is 9.71. The fraction of sp³-hybridized carbons (Fsp3) is 0.300. The van der Waals surface area contributed by atoms with Crippen LogP contribution in [0.4, 0.5) is 0 Å². The second-order valence-corrected chi connectivity index (χ2v) is 7.83. The number of thiophene rings is 1. The van der Waals surface area contributed by atoms with Gasteiger partial charge in [0.15, 0.2) is 0 Å². The Labute approximate surface area is 165 Å². The summed E-state index contributed by atoms with van der Waals surface area (Å²) in [5, 5.41) is 12.5. The van der Waals surface area contributed by atoms with Crippen molar-refractivity contribution in [1.82, 2.24) is 15.3 Å². The molecular weight excluding hydrogens is 378 g/mol. The highest BCUT2D eigenvalue weighted by Gasteiger charge is 2.20. The second kappa shape index (κ2) is 8.35. The van der Waals surface area contributed by atoms with Gasteiger partial charge >= 0.3 is 5.97 Å². The summed E-state index contributed by atoms with van der Waals surface area (Å²) in [6, 6.07) is 8.12. The minimum Gasteiger partial charge on any atom is -0.480 e. The number of carbonyl (C=O) groups excluding carboxylic acids is 1. The second-order valence-electron chi connectivity index (χ2n) is 6.62. The van der Waals surface area contributed by atoms with Crippen LogP contribution in [-0.4, -0.2) is 33.0 Å². The molecule has 0 aliphatic rings. The van der Waals surface area contributed by atoms with Gasteiger partial charge < -0.3 is 15.4 Å². The van der Waals surface area contributed by atoms with Crippen molar-refractivity contribution >= 4 is 33.4 Å². The van der Waals surface area contributed by atoms with Gasteiger partial charge in [-0.15, -0.1) is 11.3 Å². The number of aromatic nitrogens is 2. The van der Waals surface area contributed by atoms with Crippen LogP contribution in [0, 0.1) is 13.8 Å². The maximum absolute atomic E-state index is 12.3. The molecule has 7 nitrogen and oxygen atoms in total. The average molecular weight is 399 g/mol. The van der Waals surface area contributed by atoms with Gasteiger partial charge in [0.25, 0.3) is 5.56 Å². The molecule has 8 heteroatoms. The minimum atomic E-state index is -1.09. The van der Waals surface area contributed by atoms with Gasteiger partial charge in [-0.1, -0.05) is 30.3 Å². The van der Waals surface area contributed by atoms with E-state index in [9.17, 15) is 19.5 Å². The molecule has 0 unspecified atom stereocenters. The number of nitrogens with zero attached hydrogens (tertiary/aromatic N) is 1. The van der Waals surface area contributed by atoms with Gasteiger partial charge in [-0.05, 0) is 25.0 Å². The molecule has 0 spiro atoms. The number of amides is 1. The molecule has 3 rings (SSSR count). The lowest BCUT2D eigenvalue weighted by Crippen LogP contribution is -2.42. The van der Waals surface area contributed by atoms with Crippen molar-refractivity contribution in [3.05, 3.63) is 62.5 Å². The van der Waals surface area contributed by atoms with E-state index in [0.717, 1.165) is 16.0 Å². The Kier molecular flexibility index (Phi) is 5.89. The van der Waals surface area contributed by atoms with Crippen LogP contribution >= 0.6 is 11.3 Å². The number of aryl methyl sites for hydroxylation is 3. The van der Waals surface area contributed by atoms with Gasteiger partial charge in [-0.25, -0.2) is 9.78 Å². The fourth-order valence-corrected chi connectivity index (χ4v) is 4.01. The summed E-state index contributed by atoms with van der Waals surface area (Å²) in [4.78, 5) is 44.8. The van der Waals surface area contributed by atoms with Gasteiger partial charge in [0, 0.05) is 24.1 Å². The topological polar surface area (TPSA) is 112 Å². The first-order valence-electron chi connectivity index (χ1n) is 8.90. The van der Waals surface area contributed by atoms with Crippen LogP contribution in [0.3, 0.4) is 0 Å². The quantitative estimate of drug-likeness (QED) is 0.565. The lowest BCUT2D eigenvalue weighted by molar-refractivity contribution is -0.141. The van der Waals surface area contributed by atoms with Crippen molar-refractivity contribution in [1.29, 1.82) is 0 Å². The number of carboxylic acid groups (broad SMARTS) is 1. The highest BCUT2D eigenvalue weighted by atomic mass is 32.1. The summed E-state index contributed by atoms with van der Waals surface area (Å²) in [5.74, 6) is -1.07. The van der Waals surface area contributed by atoms with Crippen LogP contribution in [0.25, 0.3) is 10.2 Å². The Morgan fingerprint density at radius 1 is 1.25 bits per heavy atom. The number of carbonyl (C=O) groups is 2. The summed E-state index contributed by atoms with van der Waals surface area (Å²) >= 11 is 1.45. The molecule has 0 saturated carbocycles. The lowest BCUT2D eigenvalue weighted by atomic mass is 10.1. The summed E-state index contributed by atoms with van der Waals surface area (Å²) < 4.78 is 0. The molecule has 2 aromatic heterocycles. The number of fused-ring (bicyclic) bond motifs is 1. The monoisotopic (exact) mass is 399 g/mol. The number of hydrogen-bond donors (Lipinski definition) is 3. The zero-order valence-electron chi connectivity index (χ0n) is 15.6. The van der Waals surface area contributed by atoms with Crippen LogP contribution in [0.5, 0.6) is 0 Å². The predicted octanol–water partition coefficient (Wildman–Crippen LogP) is 2.35. The van der Waals surface area contributed by atoms with Crippen LogP contribution < -0.4 is 10.9 Å². The third kappa shape index (κ3) is 4.45. The molecule has 146 valence electrons. The van der Waals surface area contributed by atoms with Crippen molar-refractivity contribution in [3.63, 3.8) is 0 Å². The smallest absolute Gasteiger partial charge is 0.326 e. The van der Waals surface area contributed by atoms with Gasteiger partial charge in [0.1, 0.15) is 16.7 Å². The van der Waals surface area contributed by atoms with E-state index in [1.165, 1.54) is 11.3 Å². The zero-order valence-corrected chi connectivity index (χ0v) is 16.4. The largest absolute Gasteiger partial charge is 0.480 e. The third-order valence-electron chi connectivity index (χ3n) is 4.59. The first kappa shape index (κ1) is 19.8. The van der Waals surface area contributed by atoms with Crippen molar-refractivity contribution in [2.24, 2.45) is 0 Å². The molecule has 28 heavy (non-hydrogen) atoms. The molecule has 1 amide bonds. The fourth-order valence-electron chi connectivity index (χ4n) is 2.97. The van der Waals surface area contributed by atoms with Crippen molar-refractivity contribution < 1.29 is 14.7 Å². The van der Waals surface area contributed by atoms with Crippen LogP contribution in [-0.2, 0) is 22.4 Å². The summed E-state index contributed by atoms with van der Waals surface area (Å²) in [5.41, 5.74) is 1.54. The molecule has 3 N–H and O–H groups in total. The molecule has 1 aromatic carbocycles. The van der Waals surface area contributed by atoms with E-state index in [4.69, 9.17) is 0 Å². The van der Waals surface area contributed by atoms with Gasteiger partial charge in [0.05, 0.1) is 5.39 Å². The summed E-state index contributed by atoms with van der Waals surface area (Å²) in [6.45, 7) is 3.82. The molecule has 1 atom stereocenters. The lowest BCUT2D eigenvalue weighted by Gasteiger charge is -2.14. The number of carboxylic acids is 1. The number of aliphatic carboxylic acids is 1. The summed E-state index contributed by atoms with van der Waals surface area (Å²) in [7, 11) is 0. The molecule has 0 saturated heterocycles. The maximum atomic E-state index is 12.3. The highest BCUT2D eigenvalue weighted by molar-refractivity contribution is 7.18. The average Bonchev–Trinajstić information content (AvgIpc) is 2.94. The minimum absolute atomic E-state index is 0.0381. The van der Waals surface area contributed by atoms with Gasteiger partial charge in [-0.3, -0.25) is 9.59 Å². The van der Waals surface area contributed by atoms with Crippen LogP contribution in [0.15, 0.2) is 35.1 Å². The van der Waals surface area contributed by atoms with E-state index in [-0.39, 0.29) is 24.8 Å². The van der Waals surface area contributed by atoms with Gasteiger partial charge in [0.2, 0.25) is 5.91 Å². The molecule has 0 fully saturated rings. The van der Waals surface area contributed by atoms with Gasteiger partial charge in [-0.2, -0.15) is 0 Å². The first-order chi connectivity index (χ1) is 13.3. The molecule has 0 bridgehead atoms. The van der Waals surface area contributed by atoms with E-state index in [1.54, 1.807) is 0 Å². The molecule has 3 aromatic rings. The molecule has 0 radical (unpaired) electrons. The number of H-pyrrole nitrogens is 1. The number of benzene rings is 1. The van der Waals surface area contributed by atoms with Crippen molar-refractivity contribution in [2.45, 2.75) is 39.2 Å². The standard InChI is InChI=1S/C20H21N3O4S/c1-11-12(2)28-19-17(11)18(25)22-15(23-19)8-9-16(24)21-14(20(26)27)10-13-6-4-3-5-7-13/h3-7,14H,8-10H2,1-2H3,(H,21,24)(H,26,27)(H,22,23,25)/t14-/m1/s1. The Balaban J connectivity index is 1.65. The normalized spacial score (nSPS) is 12.1. The zero-order chi connectivity index (χ0) is 20.3. The predicted molar refractivity (Wildman–Crippen MR) is 108 cm³/mol. The van der Waals surface area contributed by atoms with E-state index < -0.39 is 17.9 Å². The number of nitrogens with one attached hydrogen (secondary N) is 2. The van der Waals surface area contributed by atoms with Crippen molar-refractivity contribution in [2.75, 3.05) is 0 Å². The Hall–Kier alpha value is -3.00. The molecular formula is C20H21N3O4S. The van der Waals surface area contributed by atoms with Crippen LogP contribution in [0.2, 0.25) is 0 Å². The number of hydrogen-bond acceptors (Lipinski definition) is 5. The maximum Gasteiger partial charge on any atom is 0.326 e.